The van der Waals surface area contributed by atoms with E-state index in [0.717, 1.165) is 22.6 Å². The van der Waals surface area contributed by atoms with Crippen LogP contribution in [-0.4, -0.2) is 35.9 Å². The molecule has 21 heavy (non-hydrogen) atoms. The largest absolute Gasteiger partial charge is 0.355 e. The normalized spacial score (nSPS) is 13.8. The highest BCUT2D eigenvalue weighted by molar-refractivity contribution is 8.75. The highest BCUT2D eigenvalue weighted by atomic mass is 33.1. The Balaban J connectivity index is 0. The molecule has 124 valence electrons. The molecular weight excluding hydrogens is 393 g/mol. The number of carbonyl (C=O) groups excluding carboxylic acids is 2. The number of hydrogen-bond acceptors (Lipinski definition) is 10. The second-order valence-electron chi connectivity index (χ2n) is 3.66. The fourth-order valence-corrected chi connectivity index (χ4v) is 2.62. The molecule has 0 aromatic heterocycles. The van der Waals surface area contributed by atoms with Gasteiger partial charge < -0.3 is 10.6 Å². The number of carbonyl (C=O) groups is 2. The van der Waals surface area contributed by atoms with Gasteiger partial charge in [0.15, 0.2) is 12.5 Å². The molecule has 0 aliphatic rings. The fraction of sp³-hybridized carbons (Fsp3) is 0.778. The first-order valence-corrected chi connectivity index (χ1v) is 10.3. The molecule has 6 nitrogen and oxygen atoms in total. The predicted molar refractivity (Wildman–Crippen MR) is 99.2 cm³/mol. The number of nitrogens with one attached hydrogen (secondary N) is 2. The summed E-state index contributed by atoms with van der Waals surface area (Å²) in [5.74, 6) is -0.112. The lowest BCUT2D eigenvalue weighted by molar-refractivity contribution is -0.129. The first-order chi connectivity index (χ1) is 11.0. The Bertz CT molecular complexity index is 334. The maximum atomic E-state index is 11.8. The van der Waals surface area contributed by atoms with Crippen molar-refractivity contribution in [2.45, 2.75) is 25.6 Å². The summed E-state index contributed by atoms with van der Waals surface area (Å²) >= 11 is 5.30. The summed E-state index contributed by atoms with van der Waals surface area (Å²) in [6.07, 6.45) is 0.133. The Morgan fingerprint density at radius 1 is 1.43 bits per heavy atom. The van der Waals surface area contributed by atoms with Crippen molar-refractivity contribution >= 4 is 81.4 Å². The summed E-state index contributed by atoms with van der Waals surface area (Å²) in [5, 5.41) is 5.30. The molecule has 0 aliphatic carbocycles. The van der Waals surface area contributed by atoms with Crippen molar-refractivity contribution in [2.24, 2.45) is 5.92 Å². The molecule has 0 saturated heterocycles. The Kier molecular flexibility index (Phi) is 16.0. The van der Waals surface area contributed by atoms with Crippen molar-refractivity contribution in [3.8, 4) is 0 Å². The number of hydrogen-bond donors (Lipinski definition) is 4. The SMILES string of the molecule is O=S.[3H]SOSSCCNC(=O)CC(C)C(=O)NC(C)SS[3H]. The fourth-order valence-electron chi connectivity index (χ4n) is 1.10. The minimum absolute atomic E-state index is 0.133. The van der Waals surface area contributed by atoms with Gasteiger partial charge in [0.25, 0.3) is 0 Å². The molecule has 0 aromatic carbocycles. The second kappa shape index (κ2) is 17.0. The molecule has 2 N–H and O–H groups in total. The van der Waals surface area contributed by atoms with Crippen LogP contribution in [0, 0.1) is 5.92 Å². The third kappa shape index (κ3) is 15.3. The molecule has 2 unspecified atom stereocenters. The van der Waals surface area contributed by atoms with Crippen LogP contribution in [0.3, 0.4) is 0 Å². The maximum Gasteiger partial charge on any atom is 0.224 e. The zero-order valence-corrected chi connectivity index (χ0v) is 16.3. The lowest BCUT2D eigenvalue weighted by Crippen LogP contribution is -2.37. The van der Waals surface area contributed by atoms with Crippen molar-refractivity contribution < 1.29 is 17.4 Å². The second-order valence-corrected chi connectivity index (χ2v) is 7.58. The van der Waals surface area contributed by atoms with Crippen molar-refractivity contribution in [2.75, 3.05) is 12.3 Å². The van der Waals surface area contributed by atoms with Crippen molar-refractivity contribution in [1.82, 2.24) is 10.6 Å². The number of rotatable bonds is 12. The highest BCUT2D eigenvalue weighted by Crippen LogP contribution is 2.22. The molecule has 0 aliphatic heterocycles. The molecule has 0 radical (unpaired) electrons. The predicted octanol–water partition coefficient (Wildman–Crippen LogP) is 1.99. The van der Waals surface area contributed by atoms with E-state index in [0.29, 0.717) is 25.1 Å². The van der Waals surface area contributed by atoms with Gasteiger partial charge in [-0.15, -0.1) is 11.6 Å². The van der Waals surface area contributed by atoms with Gasteiger partial charge in [0.1, 0.15) is 2.25 Å². The minimum Gasteiger partial charge on any atom is -0.355 e. The van der Waals surface area contributed by atoms with Crippen LogP contribution < -0.4 is 10.6 Å². The van der Waals surface area contributed by atoms with Crippen LogP contribution in [0.2, 0.25) is 0 Å². The summed E-state index contributed by atoms with van der Waals surface area (Å²) in [6, 6.07) is 0. The molecule has 0 aromatic rings. The third-order valence-corrected chi connectivity index (χ3v) is 5.26. The van der Waals surface area contributed by atoms with Crippen LogP contribution in [0.4, 0.5) is 0 Å². The van der Waals surface area contributed by atoms with Gasteiger partial charge in [0, 0.05) is 24.6 Å². The van der Waals surface area contributed by atoms with Crippen LogP contribution in [0.5, 0.6) is 0 Å². The molecule has 0 bridgehead atoms. The molecule has 0 rings (SSSR count). The van der Waals surface area contributed by atoms with E-state index < -0.39 is 5.92 Å². The van der Waals surface area contributed by atoms with Gasteiger partial charge in [-0.05, 0) is 19.7 Å². The average Bonchev–Trinajstić information content (AvgIpc) is 2.52. The Hall–Kier alpha value is 0.670. The van der Waals surface area contributed by atoms with E-state index in [9.17, 15) is 9.59 Å². The molecule has 2 atom stereocenters. The summed E-state index contributed by atoms with van der Waals surface area (Å²) in [7, 11) is 2.63. The van der Waals surface area contributed by atoms with Crippen molar-refractivity contribution in [3.05, 3.63) is 0 Å². The standard InChI is InChI=1S/C9H18N2O3S5.OS/c1-6(9(13)11-7(2)18-16)5-8(12)10-3-4-17-19-14-15;1-2/h6-7,15-16H,3-5H2,1-2H3,(H,10,12)(H,11,13);/i/hT2. The van der Waals surface area contributed by atoms with E-state index in [1.54, 1.807) is 13.8 Å². The highest BCUT2D eigenvalue weighted by Gasteiger charge is 2.18. The number of amides is 2. The van der Waals surface area contributed by atoms with Crippen molar-refractivity contribution in [1.29, 1.82) is 2.25 Å². The van der Waals surface area contributed by atoms with E-state index in [1.807, 2.05) is 0 Å². The van der Waals surface area contributed by atoms with Crippen LogP contribution in [0.25, 0.3) is 0 Å². The first kappa shape index (κ1) is 19.7. The van der Waals surface area contributed by atoms with Gasteiger partial charge in [-0.2, -0.15) is 4.21 Å². The van der Waals surface area contributed by atoms with Gasteiger partial charge >= 0.3 is 0 Å². The zero-order chi connectivity index (χ0) is 18.1. The van der Waals surface area contributed by atoms with Gasteiger partial charge in [-0.25, -0.2) is 3.63 Å². The van der Waals surface area contributed by atoms with Crippen LogP contribution in [-0.2, 0) is 25.8 Å². The van der Waals surface area contributed by atoms with E-state index in [4.69, 9.17) is 6.46 Å². The summed E-state index contributed by atoms with van der Waals surface area (Å²) < 4.78 is 26.2. The van der Waals surface area contributed by atoms with E-state index in [2.05, 4.69) is 26.8 Å². The van der Waals surface area contributed by atoms with Gasteiger partial charge in [0.2, 0.25) is 11.8 Å². The van der Waals surface area contributed by atoms with E-state index in [-0.39, 0.29) is 23.6 Å². The maximum absolute atomic E-state index is 11.8. The van der Waals surface area contributed by atoms with Crippen LogP contribution >= 0.6 is 57.0 Å². The Morgan fingerprint density at radius 3 is 2.76 bits per heavy atom. The van der Waals surface area contributed by atoms with Crippen molar-refractivity contribution in [3.63, 3.8) is 0 Å². The van der Waals surface area contributed by atoms with Crippen LogP contribution in [0.15, 0.2) is 0 Å². The lowest BCUT2D eigenvalue weighted by atomic mass is 10.1. The summed E-state index contributed by atoms with van der Waals surface area (Å²) in [5.41, 5.74) is 0. The smallest absolute Gasteiger partial charge is 0.224 e. The molecular formula is C9H18N2O4S6. The molecule has 0 fully saturated rings. The summed E-state index contributed by atoms with van der Waals surface area (Å²) in [6.45, 7) is 3.98. The van der Waals surface area contributed by atoms with Gasteiger partial charge in [-0.1, -0.05) is 28.5 Å². The molecule has 2 amide bonds. The molecule has 0 heterocycles. The molecule has 12 heteroatoms. The molecule has 0 spiro atoms. The number of thiol groups is 2. The van der Waals surface area contributed by atoms with Crippen LogP contribution in [0.1, 0.15) is 20.3 Å². The lowest BCUT2D eigenvalue weighted by Gasteiger charge is -2.15. The first-order valence-electron chi connectivity index (χ1n) is 6.43. The Morgan fingerprint density at radius 2 is 2.14 bits per heavy atom. The third-order valence-electron chi connectivity index (χ3n) is 2.01. The molecule has 0 saturated carbocycles. The Labute approximate surface area is 155 Å². The van der Waals surface area contributed by atoms with E-state index >= 15 is 0 Å². The summed E-state index contributed by atoms with van der Waals surface area (Å²) in [4.78, 5) is 23.4. The quantitative estimate of drug-likeness (QED) is 0.127. The van der Waals surface area contributed by atoms with E-state index in [1.165, 1.54) is 21.6 Å². The van der Waals surface area contributed by atoms with Gasteiger partial charge in [-0.3, -0.25) is 9.59 Å². The zero-order valence-electron chi connectivity index (χ0n) is 13.4. The monoisotopic (exact) mass is 414 g/mol. The topological polar surface area (TPSA) is 84.5 Å². The minimum atomic E-state index is -0.408. The average molecular weight is 415 g/mol. The van der Waals surface area contributed by atoms with Gasteiger partial charge in [0.05, 0.1) is 16.4 Å².